The zero-order valence-corrected chi connectivity index (χ0v) is 8.25. The molecule has 0 radical (unpaired) electrons. The molecule has 0 amide bonds. The van der Waals surface area contributed by atoms with Gasteiger partial charge in [0.05, 0.1) is 0 Å². The molecule has 0 atom stereocenters. The molecule has 13 heavy (non-hydrogen) atoms. The molecule has 1 aliphatic rings. The molecule has 1 aliphatic heterocycles. The normalized spacial score (nSPS) is 22.9. The second-order valence-corrected chi connectivity index (χ2v) is 2.93. The molecule has 0 saturated carbocycles. The summed E-state index contributed by atoms with van der Waals surface area (Å²) >= 11 is 0. The van der Waals surface area contributed by atoms with E-state index in [0.29, 0.717) is 0 Å². The van der Waals surface area contributed by atoms with E-state index in [1.54, 1.807) is 6.08 Å². The van der Waals surface area contributed by atoms with Crippen molar-refractivity contribution >= 4 is 0 Å². The Morgan fingerprint density at radius 2 is 2.15 bits per heavy atom. The zero-order chi connectivity index (χ0) is 9.84. The van der Waals surface area contributed by atoms with Gasteiger partial charge in [0, 0.05) is 24.5 Å². The Balaban J connectivity index is 3.16. The highest BCUT2D eigenvalue weighted by molar-refractivity contribution is 5.54. The Kier molecular flexibility index (Phi) is 2.91. The van der Waals surface area contributed by atoms with Gasteiger partial charge in [0.2, 0.25) is 0 Å². The molecule has 68 valence electrons. The molecule has 1 heterocycles. The summed E-state index contributed by atoms with van der Waals surface area (Å²) in [6.07, 6.45) is 9.93. The molecule has 0 N–H and O–H groups in total. The molecule has 0 fully saturated rings. The van der Waals surface area contributed by atoms with Crippen molar-refractivity contribution in [1.82, 2.24) is 4.90 Å². The summed E-state index contributed by atoms with van der Waals surface area (Å²) in [7, 11) is 1.99. The number of likely N-dealkylation sites (N-methyl/N-ethyl adjacent to an activating group) is 1. The summed E-state index contributed by atoms with van der Waals surface area (Å²) in [6.45, 7) is 9.73. The lowest BCUT2D eigenvalue weighted by molar-refractivity contribution is 0.575. The van der Waals surface area contributed by atoms with Crippen LogP contribution in [0.4, 0.5) is 0 Å². The van der Waals surface area contributed by atoms with Crippen LogP contribution in [0.1, 0.15) is 6.92 Å². The first-order valence-corrected chi connectivity index (χ1v) is 4.30. The summed E-state index contributed by atoms with van der Waals surface area (Å²) < 4.78 is 0. The SMILES string of the molecule is C=C/C=C1/C(=C)N(C)C=C/C1=C/C. The second kappa shape index (κ2) is 3.94. The summed E-state index contributed by atoms with van der Waals surface area (Å²) in [5.41, 5.74) is 3.35. The Labute approximate surface area is 80.1 Å². The average Bonchev–Trinajstić information content (AvgIpc) is 2.14. The van der Waals surface area contributed by atoms with Crippen LogP contribution < -0.4 is 0 Å². The van der Waals surface area contributed by atoms with E-state index in [1.807, 2.05) is 31.1 Å². The van der Waals surface area contributed by atoms with Crippen molar-refractivity contribution in [2.75, 3.05) is 7.05 Å². The lowest BCUT2D eigenvalue weighted by atomic mass is 9.99. The third-order valence-corrected chi connectivity index (χ3v) is 2.12. The van der Waals surface area contributed by atoms with Crippen LogP contribution in [-0.4, -0.2) is 11.9 Å². The van der Waals surface area contributed by atoms with Gasteiger partial charge in [0.15, 0.2) is 0 Å². The molecular formula is C12H15N. The highest BCUT2D eigenvalue weighted by Gasteiger charge is 2.12. The van der Waals surface area contributed by atoms with Crippen molar-refractivity contribution in [1.29, 1.82) is 0 Å². The molecular weight excluding hydrogens is 158 g/mol. The van der Waals surface area contributed by atoms with Crippen LogP contribution in [0.2, 0.25) is 0 Å². The van der Waals surface area contributed by atoms with Crippen molar-refractivity contribution in [2.45, 2.75) is 6.92 Å². The van der Waals surface area contributed by atoms with E-state index in [0.717, 1.165) is 11.3 Å². The Morgan fingerprint density at radius 3 is 2.69 bits per heavy atom. The van der Waals surface area contributed by atoms with Gasteiger partial charge in [0.25, 0.3) is 0 Å². The molecule has 0 unspecified atom stereocenters. The summed E-state index contributed by atoms with van der Waals surface area (Å²) in [4.78, 5) is 2.00. The van der Waals surface area contributed by atoms with Crippen LogP contribution in [0.25, 0.3) is 0 Å². The van der Waals surface area contributed by atoms with Crippen molar-refractivity contribution < 1.29 is 0 Å². The molecule has 0 aliphatic carbocycles. The smallest absolute Gasteiger partial charge is 0.0410 e. The minimum Gasteiger partial charge on any atom is -0.351 e. The first-order chi connectivity index (χ1) is 6.20. The molecule has 0 saturated heterocycles. The van der Waals surface area contributed by atoms with Gasteiger partial charge >= 0.3 is 0 Å². The summed E-state index contributed by atoms with van der Waals surface area (Å²) in [6, 6.07) is 0. The molecule has 0 aromatic rings. The maximum absolute atomic E-state index is 4.01. The van der Waals surface area contributed by atoms with Gasteiger partial charge in [-0.2, -0.15) is 0 Å². The van der Waals surface area contributed by atoms with E-state index in [2.05, 4.69) is 25.3 Å². The maximum atomic E-state index is 4.01. The van der Waals surface area contributed by atoms with E-state index in [1.165, 1.54) is 5.57 Å². The number of nitrogens with zero attached hydrogens (tertiary/aromatic N) is 1. The van der Waals surface area contributed by atoms with E-state index in [4.69, 9.17) is 0 Å². The third-order valence-electron chi connectivity index (χ3n) is 2.12. The number of rotatable bonds is 1. The van der Waals surface area contributed by atoms with Gasteiger partial charge in [-0.05, 0) is 18.6 Å². The van der Waals surface area contributed by atoms with Crippen LogP contribution in [0.5, 0.6) is 0 Å². The molecule has 1 rings (SSSR count). The Hall–Kier alpha value is -1.50. The van der Waals surface area contributed by atoms with Crippen molar-refractivity contribution in [2.24, 2.45) is 0 Å². The van der Waals surface area contributed by atoms with E-state index < -0.39 is 0 Å². The minimum absolute atomic E-state index is 1.01. The van der Waals surface area contributed by atoms with Gasteiger partial charge in [-0.25, -0.2) is 0 Å². The lowest BCUT2D eigenvalue weighted by Crippen LogP contribution is -2.15. The highest BCUT2D eigenvalue weighted by Crippen LogP contribution is 2.26. The standard InChI is InChI=1S/C12H15N/c1-5-7-12-10(3)13(4)9-8-11(12)6-2/h5-9H,1,3H2,2,4H3/b11-6-,12-7-. The van der Waals surface area contributed by atoms with Gasteiger partial charge in [-0.3, -0.25) is 0 Å². The van der Waals surface area contributed by atoms with Crippen LogP contribution in [0, 0.1) is 0 Å². The van der Waals surface area contributed by atoms with Crippen molar-refractivity contribution in [3.8, 4) is 0 Å². The quantitative estimate of drug-likeness (QED) is 0.589. The van der Waals surface area contributed by atoms with Gasteiger partial charge < -0.3 is 4.90 Å². The van der Waals surface area contributed by atoms with E-state index in [-0.39, 0.29) is 0 Å². The predicted octanol–water partition coefficient (Wildman–Crippen LogP) is 3.02. The van der Waals surface area contributed by atoms with E-state index >= 15 is 0 Å². The van der Waals surface area contributed by atoms with Crippen molar-refractivity contribution in [3.05, 3.63) is 60.5 Å². The van der Waals surface area contributed by atoms with Gasteiger partial charge in [-0.1, -0.05) is 31.4 Å². The summed E-state index contributed by atoms with van der Waals surface area (Å²) in [5.74, 6) is 0. The number of hydrogen-bond acceptors (Lipinski definition) is 1. The van der Waals surface area contributed by atoms with Crippen LogP contribution in [-0.2, 0) is 0 Å². The molecule has 1 nitrogen and oxygen atoms in total. The molecule has 0 spiro atoms. The fourth-order valence-electron chi connectivity index (χ4n) is 1.29. The summed E-state index contributed by atoms with van der Waals surface area (Å²) in [5, 5.41) is 0. The largest absolute Gasteiger partial charge is 0.351 e. The first kappa shape index (κ1) is 9.59. The first-order valence-electron chi connectivity index (χ1n) is 4.30. The topological polar surface area (TPSA) is 3.24 Å². The minimum atomic E-state index is 1.01. The lowest BCUT2D eigenvalue weighted by Gasteiger charge is -2.25. The fourth-order valence-corrected chi connectivity index (χ4v) is 1.29. The predicted molar refractivity (Wildman–Crippen MR) is 58.1 cm³/mol. The molecule has 0 bridgehead atoms. The van der Waals surface area contributed by atoms with E-state index in [9.17, 15) is 0 Å². The second-order valence-electron chi connectivity index (χ2n) is 2.93. The number of allylic oxidation sites excluding steroid dienone is 5. The van der Waals surface area contributed by atoms with Crippen LogP contribution in [0.3, 0.4) is 0 Å². The van der Waals surface area contributed by atoms with Crippen LogP contribution in [0.15, 0.2) is 60.5 Å². The van der Waals surface area contributed by atoms with Crippen molar-refractivity contribution in [3.63, 3.8) is 0 Å². The maximum Gasteiger partial charge on any atom is 0.0410 e. The van der Waals surface area contributed by atoms with Gasteiger partial charge in [0.1, 0.15) is 0 Å². The molecule has 0 aromatic heterocycles. The monoisotopic (exact) mass is 173 g/mol. The van der Waals surface area contributed by atoms with Gasteiger partial charge in [-0.15, -0.1) is 0 Å². The molecule has 0 aromatic carbocycles. The van der Waals surface area contributed by atoms with Crippen LogP contribution >= 0.6 is 0 Å². The average molecular weight is 173 g/mol. The highest BCUT2D eigenvalue weighted by atomic mass is 15.1. The Bertz CT molecular complexity index is 316. The zero-order valence-electron chi connectivity index (χ0n) is 8.25. The number of hydrogen-bond donors (Lipinski definition) is 0. The molecule has 1 heteroatoms. The fraction of sp³-hybridized carbons (Fsp3) is 0.167. The third kappa shape index (κ3) is 1.81. The Morgan fingerprint density at radius 1 is 1.46 bits per heavy atom.